The fraction of sp³-hybridized carbons (Fsp3) is 0.364. The first-order chi connectivity index (χ1) is 13.0. The summed E-state index contributed by atoms with van der Waals surface area (Å²) in [6.45, 7) is 4.98. The van der Waals surface area contributed by atoms with Gasteiger partial charge in [-0.05, 0) is 55.2 Å². The molecule has 0 bridgehead atoms. The maximum absolute atomic E-state index is 12.5. The molecule has 1 unspecified atom stereocenters. The van der Waals surface area contributed by atoms with E-state index in [2.05, 4.69) is 11.4 Å². The van der Waals surface area contributed by atoms with Gasteiger partial charge in [-0.3, -0.25) is 9.59 Å². The average Bonchev–Trinajstić information content (AvgIpc) is 3.03. The molecule has 1 N–H and O–H groups in total. The topological polar surface area (TPSA) is 58.6 Å². The van der Waals surface area contributed by atoms with Gasteiger partial charge in [-0.15, -0.1) is 0 Å². The van der Waals surface area contributed by atoms with Crippen molar-refractivity contribution in [1.82, 2.24) is 5.32 Å². The maximum Gasteiger partial charge on any atom is 0.227 e. The molecule has 0 aliphatic carbocycles. The van der Waals surface area contributed by atoms with E-state index in [9.17, 15) is 9.59 Å². The van der Waals surface area contributed by atoms with Crippen LogP contribution in [0, 0.1) is 19.8 Å². The molecule has 0 radical (unpaired) electrons. The summed E-state index contributed by atoms with van der Waals surface area (Å²) in [6.07, 6.45) is 0.949. The van der Waals surface area contributed by atoms with Crippen LogP contribution < -0.4 is 15.0 Å². The third-order valence-corrected chi connectivity index (χ3v) is 4.90. The fourth-order valence-electron chi connectivity index (χ4n) is 3.61. The molecule has 1 fully saturated rings. The molecule has 27 heavy (non-hydrogen) atoms. The molecule has 0 saturated carbocycles. The third-order valence-electron chi connectivity index (χ3n) is 4.90. The molecule has 142 valence electrons. The Hall–Kier alpha value is -2.82. The van der Waals surface area contributed by atoms with E-state index in [1.165, 1.54) is 0 Å². The van der Waals surface area contributed by atoms with Gasteiger partial charge in [0.1, 0.15) is 5.75 Å². The number of hydrogen-bond donors (Lipinski definition) is 1. The molecule has 1 atom stereocenters. The number of methoxy groups -OCH3 is 1. The molecule has 0 aromatic heterocycles. The summed E-state index contributed by atoms with van der Waals surface area (Å²) in [4.78, 5) is 26.7. The minimum Gasteiger partial charge on any atom is -0.496 e. The van der Waals surface area contributed by atoms with Gasteiger partial charge < -0.3 is 15.0 Å². The first-order valence-corrected chi connectivity index (χ1v) is 9.26. The Labute approximate surface area is 160 Å². The largest absolute Gasteiger partial charge is 0.496 e. The lowest BCUT2D eigenvalue weighted by molar-refractivity contribution is -0.126. The van der Waals surface area contributed by atoms with Gasteiger partial charge in [0, 0.05) is 25.2 Å². The van der Waals surface area contributed by atoms with Crippen LogP contribution in [-0.4, -0.2) is 32.0 Å². The Morgan fingerprint density at radius 2 is 1.89 bits per heavy atom. The normalized spacial score (nSPS) is 16.5. The van der Waals surface area contributed by atoms with Crippen LogP contribution in [-0.2, 0) is 16.0 Å². The van der Waals surface area contributed by atoms with Crippen LogP contribution in [0.4, 0.5) is 5.69 Å². The lowest BCUT2D eigenvalue weighted by atomic mass is 10.1. The molecule has 2 aromatic rings. The molecule has 1 aliphatic rings. The highest BCUT2D eigenvalue weighted by atomic mass is 16.5. The number of benzene rings is 2. The van der Waals surface area contributed by atoms with E-state index in [0.717, 1.165) is 28.1 Å². The molecule has 1 heterocycles. The number of carbonyl (C=O) groups is 2. The lowest BCUT2D eigenvalue weighted by Crippen LogP contribution is -2.34. The number of hydrogen-bond acceptors (Lipinski definition) is 3. The van der Waals surface area contributed by atoms with Crippen molar-refractivity contribution in [2.45, 2.75) is 26.7 Å². The molecule has 1 aliphatic heterocycles. The summed E-state index contributed by atoms with van der Waals surface area (Å²) >= 11 is 0. The Kier molecular flexibility index (Phi) is 5.79. The van der Waals surface area contributed by atoms with Crippen LogP contribution in [0.2, 0.25) is 0 Å². The molecule has 2 amide bonds. The number of amides is 2. The zero-order valence-corrected chi connectivity index (χ0v) is 16.1. The van der Waals surface area contributed by atoms with Gasteiger partial charge >= 0.3 is 0 Å². The van der Waals surface area contributed by atoms with Crippen molar-refractivity contribution in [2.75, 3.05) is 25.1 Å². The van der Waals surface area contributed by atoms with Crippen LogP contribution in [0.5, 0.6) is 5.75 Å². The monoisotopic (exact) mass is 366 g/mol. The highest BCUT2D eigenvalue weighted by Crippen LogP contribution is 2.27. The summed E-state index contributed by atoms with van der Waals surface area (Å²) < 4.78 is 5.33. The van der Waals surface area contributed by atoms with Gasteiger partial charge in [-0.2, -0.15) is 0 Å². The predicted octanol–water partition coefficient (Wildman–Crippen LogP) is 3.02. The zero-order chi connectivity index (χ0) is 19.4. The standard InChI is InChI=1S/C22H26N2O3/c1-15-10-16(2)12-19(11-15)24-14-18(13-21(24)25)22(26)23-9-8-17-6-4-5-7-20(17)27-3/h4-7,10-12,18H,8-9,13-14H2,1-3H3,(H,23,26). The summed E-state index contributed by atoms with van der Waals surface area (Å²) in [7, 11) is 1.64. The van der Waals surface area contributed by atoms with E-state index in [0.29, 0.717) is 19.5 Å². The SMILES string of the molecule is COc1ccccc1CCNC(=O)C1CC(=O)N(c2cc(C)cc(C)c2)C1. The van der Waals surface area contributed by atoms with Crippen molar-refractivity contribution in [3.8, 4) is 5.75 Å². The molecular weight excluding hydrogens is 340 g/mol. The number of aryl methyl sites for hydroxylation is 2. The molecule has 5 heteroatoms. The Balaban J connectivity index is 1.57. The van der Waals surface area contributed by atoms with Crippen molar-refractivity contribution in [1.29, 1.82) is 0 Å². The zero-order valence-electron chi connectivity index (χ0n) is 16.1. The molecule has 1 saturated heterocycles. The molecular formula is C22H26N2O3. The fourth-order valence-corrected chi connectivity index (χ4v) is 3.61. The second-order valence-electron chi connectivity index (χ2n) is 7.10. The van der Waals surface area contributed by atoms with Crippen LogP contribution in [0.25, 0.3) is 0 Å². The number of rotatable bonds is 6. The number of nitrogens with zero attached hydrogens (tertiary/aromatic N) is 1. The van der Waals surface area contributed by atoms with Crippen molar-refractivity contribution in [3.63, 3.8) is 0 Å². The number of anilines is 1. The minimum atomic E-state index is -0.309. The highest BCUT2D eigenvalue weighted by Gasteiger charge is 2.35. The molecule has 5 nitrogen and oxygen atoms in total. The van der Waals surface area contributed by atoms with E-state index in [4.69, 9.17) is 4.74 Å². The quantitative estimate of drug-likeness (QED) is 0.855. The van der Waals surface area contributed by atoms with Gasteiger partial charge in [-0.25, -0.2) is 0 Å². The number of para-hydroxylation sites is 1. The molecule has 2 aromatic carbocycles. The van der Waals surface area contributed by atoms with Crippen molar-refractivity contribution >= 4 is 17.5 Å². The van der Waals surface area contributed by atoms with Crippen LogP contribution in [0.1, 0.15) is 23.1 Å². The van der Waals surface area contributed by atoms with Gasteiger partial charge in [0.05, 0.1) is 13.0 Å². The minimum absolute atomic E-state index is 0.00452. The van der Waals surface area contributed by atoms with E-state index < -0.39 is 0 Å². The Morgan fingerprint density at radius 3 is 2.59 bits per heavy atom. The summed E-state index contributed by atoms with van der Waals surface area (Å²) in [5.74, 6) is 0.453. The van der Waals surface area contributed by atoms with Crippen molar-refractivity contribution in [3.05, 3.63) is 59.2 Å². The van der Waals surface area contributed by atoms with Crippen molar-refractivity contribution in [2.24, 2.45) is 5.92 Å². The second kappa shape index (κ2) is 8.25. The third kappa shape index (κ3) is 4.48. The maximum atomic E-state index is 12.5. The Morgan fingerprint density at radius 1 is 1.19 bits per heavy atom. The first-order valence-electron chi connectivity index (χ1n) is 9.26. The smallest absolute Gasteiger partial charge is 0.227 e. The van der Waals surface area contributed by atoms with E-state index >= 15 is 0 Å². The summed E-state index contributed by atoms with van der Waals surface area (Å²) in [6, 6.07) is 13.8. The van der Waals surface area contributed by atoms with E-state index in [-0.39, 0.29) is 24.2 Å². The number of nitrogens with one attached hydrogen (secondary N) is 1. The van der Waals surface area contributed by atoms with Crippen molar-refractivity contribution < 1.29 is 14.3 Å². The second-order valence-corrected chi connectivity index (χ2v) is 7.10. The molecule has 3 rings (SSSR count). The van der Waals surface area contributed by atoms with Crippen LogP contribution in [0.3, 0.4) is 0 Å². The van der Waals surface area contributed by atoms with Crippen LogP contribution in [0.15, 0.2) is 42.5 Å². The van der Waals surface area contributed by atoms with Gasteiger partial charge in [-0.1, -0.05) is 24.3 Å². The van der Waals surface area contributed by atoms with E-state index in [1.807, 2.05) is 50.2 Å². The average molecular weight is 366 g/mol. The Bertz CT molecular complexity index is 827. The number of carbonyl (C=O) groups excluding carboxylic acids is 2. The first kappa shape index (κ1) is 19.0. The van der Waals surface area contributed by atoms with Gasteiger partial charge in [0.15, 0.2) is 0 Å². The molecule has 0 spiro atoms. The van der Waals surface area contributed by atoms with Gasteiger partial charge in [0.25, 0.3) is 0 Å². The van der Waals surface area contributed by atoms with Gasteiger partial charge in [0.2, 0.25) is 11.8 Å². The highest BCUT2D eigenvalue weighted by molar-refractivity contribution is 6.00. The summed E-state index contributed by atoms with van der Waals surface area (Å²) in [5, 5.41) is 2.97. The summed E-state index contributed by atoms with van der Waals surface area (Å²) in [5.41, 5.74) is 4.16. The van der Waals surface area contributed by atoms with E-state index in [1.54, 1.807) is 12.0 Å². The predicted molar refractivity (Wildman–Crippen MR) is 106 cm³/mol. The lowest BCUT2D eigenvalue weighted by Gasteiger charge is -2.18. The van der Waals surface area contributed by atoms with Crippen LogP contribution >= 0.6 is 0 Å². The number of ether oxygens (including phenoxy) is 1.